The monoisotopic (exact) mass is 288 g/mol. The van der Waals surface area contributed by atoms with Crippen molar-refractivity contribution in [3.05, 3.63) is 35.4 Å². The van der Waals surface area contributed by atoms with Crippen LogP contribution in [0, 0.1) is 17.8 Å². The van der Waals surface area contributed by atoms with Crippen LogP contribution in [-0.2, 0) is 13.0 Å². The van der Waals surface area contributed by atoms with Gasteiger partial charge in [0.15, 0.2) is 0 Å². The lowest BCUT2D eigenvalue weighted by Crippen LogP contribution is -2.22. The van der Waals surface area contributed by atoms with Gasteiger partial charge in [0.25, 0.3) is 0 Å². The average Bonchev–Trinajstić information content (AvgIpc) is 3.11. The molecule has 1 N–H and O–H groups in total. The minimum Gasteiger partial charge on any atom is -0.316 e. The summed E-state index contributed by atoms with van der Waals surface area (Å²) in [5.41, 5.74) is 2.87. The molecule has 1 aliphatic carbocycles. The number of nitrogens with zero attached hydrogens (tertiary/aromatic N) is 1. The third-order valence-corrected chi connectivity index (χ3v) is 4.44. The number of rotatable bonds is 9. The summed E-state index contributed by atoms with van der Waals surface area (Å²) in [4.78, 5) is 2.47. The second-order valence-corrected chi connectivity index (χ2v) is 7.33. The predicted molar refractivity (Wildman–Crippen MR) is 91.5 cm³/mol. The smallest absolute Gasteiger partial charge is 0.0230 e. The molecular weight excluding hydrogens is 256 g/mol. The number of hydrogen-bond donors (Lipinski definition) is 1. The van der Waals surface area contributed by atoms with Crippen molar-refractivity contribution < 1.29 is 0 Å². The summed E-state index contributed by atoms with van der Waals surface area (Å²) in [6.45, 7) is 11.4. The van der Waals surface area contributed by atoms with Crippen LogP contribution in [-0.4, -0.2) is 31.6 Å². The van der Waals surface area contributed by atoms with Gasteiger partial charge in [0.05, 0.1) is 0 Å². The van der Waals surface area contributed by atoms with Crippen LogP contribution in [0.4, 0.5) is 0 Å². The maximum Gasteiger partial charge on any atom is 0.0230 e. The highest BCUT2D eigenvalue weighted by Crippen LogP contribution is 2.38. The molecule has 21 heavy (non-hydrogen) atoms. The summed E-state index contributed by atoms with van der Waals surface area (Å²) in [5.74, 6) is 2.63. The molecule has 1 saturated carbocycles. The maximum atomic E-state index is 3.50. The molecule has 0 bridgehead atoms. The molecule has 0 aromatic heterocycles. The van der Waals surface area contributed by atoms with Crippen molar-refractivity contribution >= 4 is 0 Å². The van der Waals surface area contributed by atoms with Gasteiger partial charge in [0, 0.05) is 13.1 Å². The lowest BCUT2D eigenvalue weighted by Gasteiger charge is -2.16. The normalized spacial score (nSPS) is 21.2. The average molecular weight is 288 g/mol. The number of nitrogens with one attached hydrogen (secondary N) is 1. The van der Waals surface area contributed by atoms with Crippen LogP contribution in [0.2, 0.25) is 0 Å². The Morgan fingerprint density at radius 2 is 1.81 bits per heavy atom. The van der Waals surface area contributed by atoms with Crippen molar-refractivity contribution in [2.45, 2.75) is 40.2 Å². The SMILES string of the molecule is CC(C)CNCCc1ccc(CN(C)CC2CC2C)cc1. The fourth-order valence-corrected chi connectivity index (χ4v) is 2.86. The second kappa shape index (κ2) is 7.95. The molecule has 1 fully saturated rings. The van der Waals surface area contributed by atoms with Crippen molar-refractivity contribution in [3.8, 4) is 0 Å². The van der Waals surface area contributed by atoms with E-state index in [1.165, 1.54) is 24.1 Å². The van der Waals surface area contributed by atoms with Gasteiger partial charge in [-0.1, -0.05) is 45.0 Å². The van der Waals surface area contributed by atoms with E-state index in [-0.39, 0.29) is 0 Å². The minimum absolute atomic E-state index is 0.733. The molecule has 1 aromatic carbocycles. The van der Waals surface area contributed by atoms with Gasteiger partial charge in [-0.3, -0.25) is 0 Å². The molecule has 118 valence electrons. The highest BCUT2D eigenvalue weighted by Gasteiger charge is 2.32. The zero-order valence-electron chi connectivity index (χ0n) is 14.2. The van der Waals surface area contributed by atoms with E-state index >= 15 is 0 Å². The highest BCUT2D eigenvalue weighted by atomic mass is 15.1. The van der Waals surface area contributed by atoms with E-state index in [1.54, 1.807) is 0 Å². The topological polar surface area (TPSA) is 15.3 Å². The molecule has 2 rings (SSSR count). The lowest BCUT2D eigenvalue weighted by atomic mass is 10.1. The number of benzene rings is 1. The Bertz CT molecular complexity index is 410. The fraction of sp³-hybridized carbons (Fsp3) is 0.684. The zero-order chi connectivity index (χ0) is 15.2. The summed E-state index contributed by atoms with van der Waals surface area (Å²) in [5, 5.41) is 3.50. The van der Waals surface area contributed by atoms with Crippen LogP contribution in [0.3, 0.4) is 0 Å². The Morgan fingerprint density at radius 3 is 2.38 bits per heavy atom. The molecule has 2 nitrogen and oxygen atoms in total. The quantitative estimate of drug-likeness (QED) is 0.699. The van der Waals surface area contributed by atoms with E-state index in [0.29, 0.717) is 0 Å². The van der Waals surface area contributed by atoms with Gasteiger partial charge in [0.2, 0.25) is 0 Å². The zero-order valence-corrected chi connectivity index (χ0v) is 14.2. The molecule has 0 radical (unpaired) electrons. The van der Waals surface area contributed by atoms with E-state index in [1.807, 2.05) is 0 Å². The Hall–Kier alpha value is -0.860. The highest BCUT2D eigenvalue weighted by molar-refractivity contribution is 5.22. The van der Waals surface area contributed by atoms with Crippen molar-refractivity contribution in [3.63, 3.8) is 0 Å². The van der Waals surface area contributed by atoms with Crippen LogP contribution in [0.5, 0.6) is 0 Å². The molecule has 0 saturated heterocycles. The summed E-state index contributed by atoms with van der Waals surface area (Å²) < 4.78 is 0. The van der Waals surface area contributed by atoms with Gasteiger partial charge in [-0.2, -0.15) is 0 Å². The first-order valence-corrected chi connectivity index (χ1v) is 8.51. The standard InChI is InChI=1S/C19H32N2/c1-15(2)12-20-10-9-17-5-7-18(8-6-17)13-21(4)14-19-11-16(19)3/h5-8,15-16,19-20H,9-14H2,1-4H3. The van der Waals surface area contributed by atoms with Crippen LogP contribution in [0.15, 0.2) is 24.3 Å². The van der Waals surface area contributed by atoms with E-state index < -0.39 is 0 Å². The van der Waals surface area contributed by atoms with Gasteiger partial charge >= 0.3 is 0 Å². The summed E-state index contributed by atoms with van der Waals surface area (Å²) in [6.07, 6.45) is 2.55. The van der Waals surface area contributed by atoms with Crippen LogP contribution < -0.4 is 5.32 Å². The molecule has 1 aromatic rings. The summed E-state index contributed by atoms with van der Waals surface area (Å²) in [6, 6.07) is 9.18. The van der Waals surface area contributed by atoms with Gasteiger partial charge in [0.1, 0.15) is 0 Å². The molecular formula is C19H32N2. The Labute approximate surface area is 130 Å². The third-order valence-electron chi connectivity index (χ3n) is 4.44. The van der Waals surface area contributed by atoms with Crippen molar-refractivity contribution in [2.75, 3.05) is 26.7 Å². The van der Waals surface area contributed by atoms with Crippen molar-refractivity contribution in [1.82, 2.24) is 10.2 Å². The fourth-order valence-electron chi connectivity index (χ4n) is 2.86. The largest absolute Gasteiger partial charge is 0.316 e. The van der Waals surface area contributed by atoms with E-state index in [9.17, 15) is 0 Å². The molecule has 2 heteroatoms. The predicted octanol–water partition coefficient (Wildman–Crippen LogP) is 3.56. The molecule has 0 spiro atoms. The van der Waals surface area contributed by atoms with Crippen molar-refractivity contribution in [1.29, 1.82) is 0 Å². The lowest BCUT2D eigenvalue weighted by molar-refractivity contribution is 0.307. The molecule has 2 unspecified atom stereocenters. The van der Waals surface area contributed by atoms with Crippen LogP contribution in [0.1, 0.15) is 38.3 Å². The third kappa shape index (κ3) is 6.19. The Balaban J connectivity index is 1.68. The Morgan fingerprint density at radius 1 is 1.19 bits per heavy atom. The van der Waals surface area contributed by atoms with Gasteiger partial charge in [-0.25, -0.2) is 0 Å². The van der Waals surface area contributed by atoms with Crippen molar-refractivity contribution in [2.24, 2.45) is 17.8 Å². The molecule has 0 amide bonds. The van der Waals surface area contributed by atoms with Gasteiger partial charge in [-0.05, 0) is 61.9 Å². The second-order valence-electron chi connectivity index (χ2n) is 7.33. The first kappa shape index (κ1) is 16.5. The minimum atomic E-state index is 0.733. The summed E-state index contributed by atoms with van der Waals surface area (Å²) in [7, 11) is 2.24. The molecule has 0 heterocycles. The maximum absolute atomic E-state index is 3.50. The van der Waals surface area contributed by atoms with Gasteiger partial charge < -0.3 is 10.2 Å². The van der Waals surface area contributed by atoms with E-state index in [4.69, 9.17) is 0 Å². The van der Waals surface area contributed by atoms with Crippen LogP contribution >= 0.6 is 0 Å². The number of hydrogen-bond acceptors (Lipinski definition) is 2. The summed E-state index contributed by atoms with van der Waals surface area (Å²) >= 11 is 0. The Kier molecular flexibility index (Phi) is 6.25. The van der Waals surface area contributed by atoms with E-state index in [2.05, 4.69) is 62.3 Å². The first-order chi connectivity index (χ1) is 10.0. The molecule has 2 atom stereocenters. The molecule has 0 aliphatic heterocycles. The van der Waals surface area contributed by atoms with Gasteiger partial charge in [-0.15, -0.1) is 0 Å². The van der Waals surface area contributed by atoms with Crippen LogP contribution in [0.25, 0.3) is 0 Å². The first-order valence-electron chi connectivity index (χ1n) is 8.51. The molecule has 1 aliphatic rings. The van der Waals surface area contributed by atoms with E-state index in [0.717, 1.165) is 43.8 Å².